The number of cyclic esters (lactones) is 1. The van der Waals surface area contributed by atoms with Crippen LogP contribution in [0.4, 0.5) is 0 Å². The zero-order valence-corrected chi connectivity index (χ0v) is 6.69. The highest BCUT2D eigenvalue weighted by molar-refractivity contribution is 9.09. The molecule has 0 amide bonds. The van der Waals surface area contributed by atoms with Gasteiger partial charge in [-0.2, -0.15) is 0 Å². The summed E-state index contributed by atoms with van der Waals surface area (Å²) in [5, 5.41) is 0.967. The van der Waals surface area contributed by atoms with E-state index in [0.29, 0.717) is 18.9 Å². The standard InChI is InChI=1S/C6H9BrO2/c7-2-1-5-3-6(8)9-4-5/h5H,1-4H2. The lowest BCUT2D eigenvalue weighted by atomic mass is 10.1. The molecule has 1 saturated heterocycles. The maximum absolute atomic E-state index is 10.5. The van der Waals surface area contributed by atoms with Gasteiger partial charge in [0.25, 0.3) is 0 Å². The molecule has 2 nitrogen and oxygen atoms in total. The lowest BCUT2D eigenvalue weighted by molar-refractivity contribution is -0.137. The van der Waals surface area contributed by atoms with Gasteiger partial charge in [0.05, 0.1) is 13.0 Å². The number of alkyl halides is 1. The number of carbonyl (C=O) groups is 1. The van der Waals surface area contributed by atoms with Gasteiger partial charge in [0.2, 0.25) is 0 Å². The van der Waals surface area contributed by atoms with E-state index in [2.05, 4.69) is 15.9 Å². The first kappa shape index (κ1) is 7.06. The fourth-order valence-corrected chi connectivity index (χ4v) is 1.55. The van der Waals surface area contributed by atoms with Crippen molar-refractivity contribution in [3.05, 3.63) is 0 Å². The lowest BCUT2D eigenvalue weighted by Gasteiger charge is -1.98. The van der Waals surface area contributed by atoms with Crippen LogP contribution >= 0.6 is 15.9 Å². The second kappa shape index (κ2) is 3.20. The molecule has 0 aliphatic carbocycles. The molecule has 1 aliphatic heterocycles. The number of halogens is 1. The van der Waals surface area contributed by atoms with Crippen molar-refractivity contribution in [2.45, 2.75) is 12.8 Å². The van der Waals surface area contributed by atoms with Crippen molar-refractivity contribution in [1.82, 2.24) is 0 Å². The molecule has 3 heteroatoms. The fourth-order valence-electron chi connectivity index (χ4n) is 0.904. The Kier molecular flexibility index (Phi) is 2.51. The molecule has 9 heavy (non-hydrogen) atoms. The van der Waals surface area contributed by atoms with Crippen LogP contribution in [0.2, 0.25) is 0 Å². The number of rotatable bonds is 2. The van der Waals surface area contributed by atoms with Crippen LogP contribution in [0, 0.1) is 5.92 Å². The number of esters is 1. The number of hydrogen-bond donors (Lipinski definition) is 0. The second-order valence-electron chi connectivity index (χ2n) is 2.23. The molecule has 1 atom stereocenters. The van der Waals surface area contributed by atoms with Crippen LogP contribution in [0.3, 0.4) is 0 Å². The lowest BCUT2D eigenvalue weighted by Crippen LogP contribution is -1.98. The first-order valence-corrected chi connectivity index (χ1v) is 4.16. The van der Waals surface area contributed by atoms with Crippen molar-refractivity contribution in [3.63, 3.8) is 0 Å². The molecule has 0 spiro atoms. The Labute approximate surface area is 62.7 Å². The van der Waals surface area contributed by atoms with E-state index in [1.807, 2.05) is 0 Å². The first-order valence-electron chi connectivity index (χ1n) is 3.04. The predicted molar refractivity (Wildman–Crippen MR) is 37.5 cm³/mol. The van der Waals surface area contributed by atoms with Crippen LogP contribution in [0.1, 0.15) is 12.8 Å². The number of carbonyl (C=O) groups excluding carboxylic acids is 1. The van der Waals surface area contributed by atoms with Gasteiger partial charge in [0, 0.05) is 11.2 Å². The highest BCUT2D eigenvalue weighted by Crippen LogP contribution is 2.17. The van der Waals surface area contributed by atoms with E-state index in [1.54, 1.807) is 0 Å². The quantitative estimate of drug-likeness (QED) is 0.488. The van der Waals surface area contributed by atoms with Gasteiger partial charge < -0.3 is 4.74 Å². The predicted octanol–water partition coefficient (Wildman–Crippen LogP) is 1.33. The van der Waals surface area contributed by atoms with Crippen LogP contribution in [-0.4, -0.2) is 17.9 Å². The zero-order chi connectivity index (χ0) is 6.69. The van der Waals surface area contributed by atoms with Gasteiger partial charge in [-0.15, -0.1) is 0 Å². The molecular weight excluding hydrogens is 184 g/mol. The molecule has 0 bridgehead atoms. The molecule has 0 aromatic carbocycles. The highest BCUT2D eigenvalue weighted by atomic mass is 79.9. The molecule has 1 unspecified atom stereocenters. The fraction of sp³-hybridized carbons (Fsp3) is 0.833. The summed E-state index contributed by atoms with van der Waals surface area (Å²) >= 11 is 3.31. The summed E-state index contributed by atoms with van der Waals surface area (Å²) in [7, 11) is 0. The second-order valence-corrected chi connectivity index (χ2v) is 3.02. The van der Waals surface area contributed by atoms with Gasteiger partial charge >= 0.3 is 5.97 Å². The maximum Gasteiger partial charge on any atom is 0.306 e. The smallest absolute Gasteiger partial charge is 0.306 e. The van der Waals surface area contributed by atoms with Gasteiger partial charge in [0.1, 0.15) is 0 Å². The first-order chi connectivity index (χ1) is 4.33. The van der Waals surface area contributed by atoms with Gasteiger partial charge in [0.15, 0.2) is 0 Å². The third-order valence-electron chi connectivity index (χ3n) is 1.45. The van der Waals surface area contributed by atoms with E-state index in [0.717, 1.165) is 11.8 Å². The third kappa shape index (κ3) is 1.97. The summed E-state index contributed by atoms with van der Waals surface area (Å²) in [5.41, 5.74) is 0. The van der Waals surface area contributed by atoms with E-state index >= 15 is 0 Å². The number of hydrogen-bond acceptors (Lipinski definition) is 2. The molecule has 0 saturated carbocycles. The Morgan fingerprint density at radius 3 is 3.00 bits per heavy atom. The van der Waals surface area contributed by atoms with Crippen molar-refractivity contribution in [3.8, 4) is 0 Å². The summed E-state index contributed by atoms with van der Waals surface area (Å²) in [6, 6.07) is 0. The van der Waals surface area contributed by atoms with E-state index in [1.165, 1.54) is 0 Å². The van der Waals surface area contributed by atoms with Crippen LogP contribution in [0.25, 0.3) is 0 Å². The zero-order valence-electron chi connectivity index (χ0n) is 5.10. The van der Waals surface area contributed by atoms with Gasteiger partial charge in [-0.25, -0.2) is 0 Å². The Hall–Kier alpha value is -0.0500. The topological polar surface area (TPSA) is 26.3 Å². The molecule has 1 aliphatic rings. The molecule has 0 N–H and O–H groups in total. The monoisotopic (exact) mass is 192 g/mol. The minimum Gasteiger partial charge on any atom is -0.465 e. The molecule has 0 aromatic heterocycles. The van der Waals surface area contributed by atoms with Gasteiger partial charge in [-0.05, 0) is 6.42 Å². The van der Waals surface area contributed by atoms with Crippen LogP contribution < -0.4 is 0 Å². The summed E-state index contributed by atoms with van der Waals surface area (Å²) in [4.78, 5) is 10.5. The Morgan fingerprint density at radius 1 is 1.78 bits per heavy atom. The summed E-state index contributed by atoms with van der Waals surface area (Å²) in [6.45, 7) is 0.629. The third-order valence-corrected chi connectivity index (χ3v) is 1.91. The average molecular weight is 193 g/mol. The molecule has 0 radical (unpaired) electrons. The van der Waals surface area contributed by atoms with Crippen molar-refractivity contribution < 1.29 is 9.53 Å². The molecule has 0 aromatic rings. The molecule has 1 fully saturated rings. The minimum atomic E-state index is -0.0408. The molecule has 1 heterocycles. The van der Waals surface area contributed by atoms with E-state index in [4.69, 9.17) is 4.74 Å². The molecule has 1 rings (SSSR count). The van der Waals surface area contributed by atoms with Gasteiger partial charge in [-0.1, -0.05) is 15.9 Å². The van der Waals surface area contributed by atoms with Crippen LogP contribution in [0.5, 0.6) is 0 Å². The van der Waals surface area contributed by atoms with Crippen molar-refractivity contribution in [2.75, 3.05) is 11.9 Å². The molecular formula is C6H9BrO2. The summed E-state index contributed by atoms with van der Waals surface area (Å²) in [5.74, 6) is 0.429. The minimum absolute atomic E-state index is 0.0408. The van der Waals surface area contributed by atoms with Gasteiger partial charge in [-0.3, -0.25) is 4.79 Å². The highest BCUT2D eigenvalue weighted by Gasteiger charge is 2.22. The van der Waals surface area contributed by atoms with Crippen molar-refractivity contribution in [1.29, 1.82) is 0 Å². The average Bonchev–Trinajstić information content (AvgIpc) is 2.17. The summed E-state index contributed by atoms with van der Waals surface area (Å²) in [6.07, 6.45) is 1.66. The number of ether oxygens (including phenoxy) is 1. The SMILES string of the molecule is O=C1CC(CCBr)CO1. The van der Waals surface area contributed by atoms with Crippen LogP contribution in [0.15, 0.2) is 0 Å². The normalized spacial score (nSPS) is 26.3. The maximum atomic E-state index is 10.5. The van der Waals surface area contributed by atoms with Crippen molar-refractivity contribution in [2.24, 2.45) is 5.92 Å². The van der Waals surface area contributed by atoms with E-state index in [9.17, 15) is 4.79 Å². The summed E-state index contributed by atoms with van der Waals surface area (Å²) < 4.78 is 4.76. The Morgan fingerprint density at radius 2 is 2.56 bits per heavy atom. The van der Waals surface area contributed by atoms with E-state index in [-0.39, 0.29) is 5.97 Å². The molecule has 52 valence electrons. The van der Waals surface area contributed by atoms with Crippen LogP contribution in [-0.2, 0) is 9.53 Å². The Bertz CT molecular complexity index is 114. The largest absolute Gasteiger partial charge is 0.465 e. The Balaban J connectivity index is 2.22. The van der Waals surface area contributed by atoms with E-state index < -0.39 is 0 Å². The van der Waals surface area contributed by atoms with Crippen molar-refractivity contribution >= 4 is 21.9 Å².